The van der Waals surface area contributed by atoms with Crippen molar-refractivity contribution in [2.45, 2.75) is 33.2 Å². The highest BCUT2D eigenvalue weighted by Crippen LogP contribution is 2.31. The van der Waals surface area contributed by atoms with Gasteiger partial charge in [-0.1, -0.05) is 13.0 Å². The van der Waals surface area contributed by atoms with Crippen LogP contribution in [-0.2, 0) is 6.42 Å². The summed E-state index contributed by atoms with van der Waals surface area (Å²) in [7, 11) is 0. The molecule has 0 radical (unpaired) electrons. The predicted molar refractivity (Wildman–Crippen MR) is 83.6 cm³/mol. The van der Waals surface area contributed by atoms with E-state index >= 15 is 0 Å². The highest BCUT2D eigenvalue weighted by Gasteiger charge is 2.16. The van der Waals surface area contributed by atoms with Crippen molar-refractivity contribution in [3.8, 4) is 0 Å². The average Bonchev–Trinajstić information content (AvgIpc) is 2.89. The van der Waals surface area contributed by atoms with E-state index in [0.29, 0.717) is 5.69 Å². The van der Waals surface area contributed by atoms with Gasteiger partial charge < -0.3 is 5.32 Å². The molecule has 20 heavy (non-hydrogen) atoms. The summed E-state index contributed by atoms with van der Waals surface area (Å²) in [6.45, 7) is 6.00. The molecule has 1 unspecified atom stereocenters. The van der Waals surface area contributed by atoms with E-state index in [2.05, 4.69) is 24.4 Å². The number of aryl methyl sites for hydroxylation is 2. The first-order chi connectivity index (χ1) is 9.51. The van der Waals surface area contributed by atoms with Crippen LogP contribution in [0.1, 0.15) is 35.2 Å². The molecular weight excluding hydrogens is 272 g/mol. The summed E-state index contributed by atoms with van der Waals surface area (Å²) in [6, 6.07) is 9.51. The average molecular weight is 290 g/mol. The largest absolute Gasteiger partial charge is 0.372 e. The van der Waals surface area contributed by atoms with E-state index in [-0.39, 0.29) is 16.7 Å². The zero-order chi connectivity index (χ0) is 14.7. The number of thiophene rings is 1. The topological polar surface area (TPSA) is 55.2 Å². The Morgan fingerprint density at radius 3 is 2.70 bits per heavy atom. The molecule has 0 aliphatic carbocycles. The molecule has 2 aromatic rings. The quantitative estimate of drug-likeness (QED) is 0.641. The molecule has 1 aromatic carbocycles. The molecule has 0 saturated carbocycles. The van der Waals surface area contributed by atoms with E-state index in [0.717, 1.165) is 12.0 Å². The van der Waals surface area contributed by atoms with Crippen molar-refractivity contribution in [1.82, 2.24) is 0 Å². The zero-order valence-corrected chi connectivity index (χ0v) is 12.7. The van der Waals surface area contributed by atoms with E-state index in [1.165, 1.54) is 9.75 Å². The van der Waals surface area contributed by atoms with Crippen molar-refractivity contribution in [2.24, 2.45) is 0 Å². The van der Waals surface area contributed by atoms with E-state index in [9.17, 15) is 10.1 Å². The van der Waals surface area contributed by atoms with Crippen molar-refractivity contribution in [3.05, 3.63) is 55.8 Å². The molecule has 4 nitrogen and oxygen atoms in total. The van der Waals surface area contributed by atoms with Crippen LogP contribution in [0, 0.1) is 17.0 Å². The van der Waals surface area contributed by atoms with Crippen LogP contribution < -0.4 is 5.32 Å². The maximum Gasteiger partial charge on any atom is 0.292 e. The third-order valence-corrected chi connectivity index (χ3v) is 4.59. The summed E-state index contributed by atoms with van der Waals surface area (Å²) >= 11 is 1.75. The minimum Gasteiger partial charge on any atom is -0.372 e. The van der Waals surface area contributed by atoms with Gasteiger partial charge >= 0.3 is 0 Å². The van der Waals surface area contributed by atoms with Crippen LogP contribution in [0.25, 0.3) is 0 Å². The summed E-state index contributed by atoms with van der Waals surface area (Å²) in [6.07, 6.45) is 1.02. The molecule has 2 rings (SSSR count). The summed E-state index contributed by atoms with van der Waals surface area (Å²) in [5, 5.41) is 14.4. The molecule has 0 aliphatic rings. The molecule has 0 spiro atoms. The third-order valence-electron chi connectivity index (χ3n) is 3.18. The lowest BCUT2D eigenvalue weighted by Gasteiger charge is -2.14. The summed E-state index contributed by atoms with van der Waals surface area (Å²) in [4.78, 5) is 13.3. The molecule has 1 aromatic heterocycles. The lowest BCUT2D eigenvalue weighted by Crippen LogP contribution is -2.07. The van der Waals surface area contributed by atoms with Crippen LogP contribution in [0.15, 0.2) is 30.3 Å². The summed E-state index contributed by atoms with van der Waals surface area (Å²) in [5.74, 6) is 0. The Bertz CT molecular complexity index is 622. The van der Waals surface area contributed by atoms with Gasteiger partial charge in [0.15, 0.2) is 0 Å². The molecule has 0 saturated heterocycles. The fourth-order valence-electron chi connectivity index (χ4n) is 2.04. The maximum absolute atomic E-state index is 11.1. The van der Waals surface area contributed by atoms with Gasteiger partial charge in [0.1, 0.15) is 5.69 Å². The van der Waals surface area contributed by atoms with Crippen molar-refractivity contribution in [3.63, 3.8) is 0 Å². The molecule has 0 aliphatic heterocycles. The van der Waals surface area contributed by atoms with Gasteiger partial charge in [-0.3, -0.25) is 10.1 Å². The third kappa shape index (κ3) is 3.17. The van der Waals surface area contributed by atoms with Gasteiger partial charge in [0, 0.05) is 15.8 Å². The molecule has 5 heteroatoms. The van der Waals surface area contributed by atoms with Crippen LogP contribution in [0.5, 0.6) is 0 Å². The maximum atomic E-state index is 11.1. The number of benzene rings is 1. The predicted octanol–water partition coefficient (Wildman–Crippen LogP) is 4.70. The molecule has 0 bridgehead atoms. The van der Waals surface area contributed by atoms with Crippen LogP contribution in [0.3, 0.4) is 0 Å². The Balaban J connectivity index is 2.23. The fraction of sp³-hybridized carbons (Fsp3) is 0.333. The SMILES string of the molecule is CCc1ccc(C(C)Nc2ccc(C)cc2[N+](=O)[O-])s1. The van der Waals surface area contributed by atoms with Crippen LogP contribution in [0.4, 0.5) is 11.4 Å². The number of nitrogens with zero attached hydrogens (tertiary/aromatic N) is 1. The second kappa shape index (κ2) is 6.05. The normalized spacial score (nSPS) is 12.2. The van der Waals surface area contributed by atoms with Gasteiger partial charge in [-0.15, -0.1) is 11.3 Å². The number of nitro groups is 1. The Labute approximate surface area is 122 Å². The highest BCUT2D eigenvalue weighted by molar-refractivity contribution is 7.12. The van der Waals surface area contributed by atoms with Gasteiger partial charge in [-0.2, -0.15) is 0 Å². The Morgan fingerprint density at radius 2 is 2.10 bits per heavy atom. The van der Waals surface area contributed by atoms with Gasteiger partial charge in [-0.25, -0.2) is 0 Å². The van der Waals surface area contributed by atoms with Gasteiger partial charge in [-0.05, 0) is 44.0 Å². The number of rotatable bonds is 5. The van der Waals surface area contributed by atoms with E-state index in [4.69, 9.17) is 0 Å². The first kappa shape index (κ1) is 14.5. The molecule has 106 valence electrons. The van der Waals surface area contributed by atoms with Crippen molar-refractivity contribution < 1.29 is 4.92 Å². The smallest absolute Gasteiger partial charge is 0.292 e. The minimum atomic E-state index is -0.339. The second-order valence-electron chi connectivity index (χ2n) is 4.80. The van der Waals surface area contributed by atoms with Crippen molar-refractivity contribution in [2.75, 3.05) is 5.32 Å². The molecule has 1 heterocycles. The van der Waals surface area contributed by atoms with Crippen molar-refractivity contribution >= 4 is 22.7 Å². The number of nitrogens with one attached hydrogen (secondary N) is 1. The Kier molecular flexibility index (Phi) is 4.39. The van der Waals surface area contributed by atoms with Crippen molar-refractivity contribution in [1.29, 1.82) is 0 Å². The second-order valence-corrected chi connectivity index (χ2v) is 6.00. The Morgan fingerprint density at radius 1 is 1.35 bits per heavy atom. The standard InChI is InChI=1S/C15H18N2O2S/c1-4-12-6-8-15(20-12)11(3)16-13-7-5-10(2)9-14(13)17(18)19/h5-9,11,16H,4H2,1-3H3. The first-order valence-corrected chi connectivity index (χ1v) is 7.43. The first-order valence-electron chi connectivity index (χ1n) is 6.61. The highest BCUT2D eigenvalue weighted by atomic mass is 32.1. The van der Waals surface area contributed by atoms with Gasteiger partial charge in [0.25, 0.3) is 5.69 Å². The zero-order valence-electron chi connectivity index (χ0n) is 11.8. The number of nitro benzene ring substituents is 1. The van der Waals surface area contributed by atoms with Crippen LogP contribution in [0.2, 0.25) is 0 Å². The number of hydrogen-bond acceptors (Lipinski definition) is 4. The number of hydrogen-bond donors (Lipinski definition) is 1. The van der Waals surface area contributed by atoms with Gasteiger partial charge in [0.05, 0.1) is 11.0 Å². The van der Waals surface area contributed by atoms with Gasteiger partial charge in [0.2, 0.25) is 0 Å². The number of anilines is 1. The van der Waals surface area contributed by atoms with E-state index in [1.54, 1.807) is 23.5 Å². The molecule has 1 atom stereocenters. The lowest BCUT2D eigenvalue weighted by molar-refractivity contribution is -0.384. The molecule has 0 amide bonds. The minimum absolute atomic E-state index is 0.0571. The fourth-order valence-corrected chi connectivity index (χ4v) is 2.99. The molecule has 0 fully saturated rings. The summed E-state index contributed by atoms with van der Waals surface area (Å²) in [5.41, 5.74) is 1.59. The molecular formula is C15H18N2O2S. The van der Waals surface area contributed by atoms with E-state index < -0.39 is 0 Å². The lowest BCUT2D eigenvalue weighted by atomic mass is 10.1. The molecule has 1 N–H and O–H groups in total. The summed E-state index contributed by atoms with van der Waals surface area (Å²) < 4.78 is 0. The van der Waals surface area contributed by atoms with Crippen LogP contribution in [-0.4, -0.2) is 4.92 Å². The monoisotopic (exact) mass is 290 g/mol. The Hall–Kier alpha value is -1.88. The van der Waals surface area contributed by atoms with E-state index in [1.807, 2.05) is 19.9 Å². The van der Waals surface area contributed by atoms with Crippen LogP contribution >= 0.6 is 11.3 Å².